The van der Waals surface area contributed by atoms with Crippen LogP contribution < -0.4 is 4.72 Å². The molecule has 2 N–H and O–H groups in total. The van der Waals surface area contributed by atoms with Crippen molar-refractivity contribution in [2.75, 3.05) is 13.2 Å². The summed E-state index contributed by atoms with van der Waals surface area (Å²) < 4.78 is 26.4. The molecule has 0 atom stereocenters. The van der Waals surface area contributed by atoms with Crippen molar-refractivity contribution in [1.82, 2.24) is 14.7 Å². The van der Waals surface area contributed by atoms with Gasteiger partial charge in [-0.15, -0.1) is 0 Å². The summed E-state index contributed by atoms with van der Waals surface area (Å²) in [5.74, 6) is 0. The third-order valence-electron chi connectivity index (χ3n) is 3.14. The smallest absolute Gasteiger partial charge is 0.243 e. The number of nitrogens with zero attached hydrogens (tertiary/aromatic N) is 2. The van der Waals surface area contributed by atoms with Crippen LogP contribution in [0.2, 0.25) is 5.28 Å². The molecule has 1 aromatic rings. The van der Waals surface area contributed by atoms with E-state index >= 15 is 0 Å². The van der Waals surface area contributed by atoms with E-state index in [1.165, 1.54) is 12.4 Å². The standard InChI is InChI=1S/C10H14ClN3O3S/c11-9-12-5-8(6-13-9)18(16,17)14-7-10(1-2-10)3-4-15/h5-6,14-15H,1-4,7H2. The highest BCUT2D eigenvalue weighted by Gasteiger charge is 2.42. The van der Waals surface area contributed by atoms with Crippen molar-refractivity contribution < 1.29 is 13.5 Å². The fourth-order valence-corrected chi connectivity index (χ4v) is 2.84. The van der Waals surface area contributed by atoms with Gasteiger partial charge in [0, 0.05) is 13.2 Å². The summed E-state index contributed by atoms with van der Waals surface area (Å²) >= 11 is 5.50. The molecule has 1 fully saturated rings. The van der Waals surface area contributed by atoms with E-state index < -0.39 is 10.0 Å². The number of aliphatic hydroxyl groups is 1. The Kier molecular flexibility index (Phi) is 3.86. The summed E-state index contributed by atoms with van der Waals surface area (Å²) in [5.41, 5.74) is -0.0743. The second-order valence-electron chi connectivity index (χ2n) is 4.49. The number of rotatable bonds is 6. The Morgan fingerprint density at radius 1 is 1.39 bits per heavy atom. The molecule has 1 aliphatic rings. The van der Waals surface area contributed by atoms with Gasteiger partial charge in [-0.2, -0.15) is 0 Å². The van der Waals surface area contributed by atoms with E-state index in [2.05, 4.69) is 14.7 Å². The van der Waals surface area contributed by atoms with E-state index in [0.717, 1.165) is 12.8 Å². The van der Waals surface area contributed by atoms with Crippen molar-refractivity contribution in [2.24, 2.45) is 5.41 Å². The molecule has 0 amide bonds. The van der Waals surface area contributed by atoms with Crippen molar-refractivity contribution in [2.45, 2.75) is 24.2 Å². The zero-order valence-corrected chi connectivity index (χ0v) is 11.2. The average molecular weight is 292 g/mol. The van der Waals surface area contributed by atoms with Gasteiger partial charge in [0.05, 0.1) is 12.4 Å². The predicted molar refractivity (Wildman–Crippen MR) is 65.6 cm³/mol. The Labute approximate surface area is 110 Å². The molecule has 1 saturated carbocycles. The number of nitrogens with one attached hydrogen (secondary N) is 1. The van der Waals surface area contributed by atoms with E-state index in [-0.39, 0.29) is 22.2 Å². The molecule has 1 aliphatic carbocycles. The Morgan fingerprint density at radius 2 is 2.00 bits per heavy atom. The largest absolute Gasteiger partial charge is 0.396 e. The van der Waals surface area contributed by atoms with Crippen LogP contribution in [-0.2, 0) is 10.0 Å². The molecule has 0 aliphatic heterocycles. The van der Waals surface area contributed by atoms with Gasteiger partial charge in [-0.25, -0.2) is 23.1 Å². The van der Waals surface area contributed by atoms with Crippen LogP contribution in [-0.4, -0.2) is 36.6 Å². The summed E-state index contributed by atoms with van der Waals surface area (Å²) in [4.78, 5) is 7.27. The van der Waals surface area contributed by atoms with Gasteiger partial charge in [-0.05, 0) is 36.3 Å². The van der Waals surface area contributed by atoms with Gasteiger partial charge in [-0.3, -0.25) is 0 Å². The van der Waals surface area contributed by atoms with Gasteiger partial charge >= 0.3 is 0 Å². The Hall–Kier alpha value is -0.760. The number of hydrogen-bond donors (Lipinski definition) is 2. The molecule has 6 nitrogen and oxygen atoms in total. The van der Waals surface area contributed by atoms with Gasteiger partial charge < -0.3 is 5.11 Å². The summed E-state index contributed by atoms with van der Waals surface area (Å²) in [6.07, 6.45) is 4.83. The Morgan fingerprint density at radius 3 is 2.50 bits per heavy atom. The summed E-state index contributed by atoms with van der Waals surface area (Å²) in [7, 11) is -3.60. The van der Waals surface area contributed by atoms with Gasteiger partial charge in [0.25, 0.3) is 0 Å². The maximum Gasteiger partial charge on any atom is 0.243 e. The molecule has 0 saturated heterocycles. The highest BCUT2D eigenvalue weighted by molar-refractivity contribution is 7.89. The highest BCUT2D eigenvalue weighted by atomic mass is 35.5. The van der Waals surface area contributed by atoms with Crippen LogP contribution in [0, 0.1) is 5.41 Å². The summed E-state index contributed by atoms with van der Waals surface area (Å²) in [5, 5.41) is 8.91. The first kappa shape index (κ1) is 13.7. The summed E-state index contributed by atoms with van der Waals surface area (Å²) in [6, 6.07) is 0. The van der Waals surface area contributed by atoms with E-state index in [9.17, 15) is 8.42 Å². The maximum atomic E-state index is 11.9. The molecule has 0 spiro atoms. The second-order valence-corrected chi connectivity index (χ2v) is 6.59. The van der Waals surface area contributed by atoms with Crippen LogP contribution in [0.25, 0.3) is 0 Å². The van der Waals surface area contributed by atoms with Crippen LogP contribution >= 0.6 is 11.6 Å². The molecule has 0 bridgehead atoms. The molecule has 1 heterocycles. The average Bonchev–Trinajstić information content (AvgIpc) is 3.08. The van der Waals surface area contributed by atoms with E-state index in [0.29, 0.717) is 13.0 Å². The van der Waals surface area contributed by atoms with Crippen LogP contribution in [0.15, 0.2) is 17.3 Å². The molecule has 100 valence electrons. The van der Waals surface area contributed by atoms with Crippen molar-refractivity contribution in [3.05, 3.63) is 17.7 Å². The predicted octanol–water partition coefficient (Wildman–Crippen LogP) is 0.571. The lowest BCUT2D eigenvalue weighted by atomic mass is 10.0. The molecule has 2 rings (SSSR count). The minimum Gasteiger partial charge on any atom is -0.396 e. The monoisotopic (exact) mass is 291 g/mol. The summed E-state index contributed by atoms with van der Waals surface area (Å²) in [6.45, 7) is 0.407. The first-order chi connectivity index (χ1) is 8.47. The van der Waals surface area contributed by atoms with Crippen LogP contribution in [0.1, 0.15) is 19.3 Å². The number of sulfonamides is 1. The van der Waals surface area contributed by atoms with Crippen molar-refractivity contribution in [1.29, 1.82) is 0 Å². The highest BCUT2D eigenvalue weighted by Crippen LogP contribution is 2.48. The van der Waals surface area contributed by atoms with E-state index in [4.69, 9.17) is 16.7 Å². The lowest BCUT2D eigenvalue weighted by molar-refractivity contribution is 0.249. The molecule has 18 heavy (non-hydrogen) atoms. The molecule has 1 aromatic heterocycles. The quantitative estimate of drug-likeness (QED) is 0.748. The fraction of sp³-hybridized carbons (Fsp3) is 0.600. The van der Waals surface area contributed by atoms with Crippen LogP contribution in [0.5, 0.6) is 0 Å². The normalized spacial score (nSPS) is 17.7. The molecule has 0 unspecified atom stereocenters. The first-order valence-corrected chi connectivity index (χ1v) is 7.42. The Bertz CT molecular complexity index is 514. The second kappa shape index (κ2) is 5.08. The SMILES string of the molecule is O=S(=O)(NCC1(CCO)CC1)c1cnc(Cl)nc1. The zero-order valence-electron chi connectivity index (χ0n) is 9.63. The minimum absolute atomic E-state index is 0.00731. The van der Waals surface area contributed by atoms with Crippen molar-refractivity contribution in [3.8, 4) is 0 Å². The minimum atomic E-state index is -3.60. The zero-order chi connectivity index (χ0) is 13.2. The molecular formula is C10H14ClN3O3S. The number of hydrogen-bond acceptors (Lipinski definition) is 5. The van der Waals surface area contributed by atoms with Gasteiger partial charge in [0.2, 0.25) is 15.3 Å². The molecule has 0 aromatic carbocycles. The van der Waals surface area contributed by atoms with Crippen LogP contribution in [0.4, 0.5) is 0 Å². The number of halogens is 1. The van der Waals surface area contributed by atoms with Crippen molar-refractivity contribution >= 4 is 21.6 Å². The third-order valence-corrected chi connectivity index (χ3v) is 4.69. The number of aliphatic hydroxyl groups excluding tert-OH is 1. The van der Waals surface area contributed by atoms with Gasteiger partial charge in [-0.1, -0.05) is 0 Å². The molecule has 0 radical (unpaired) electrons. The molecule has 8 heteroatoms. The van der Waals surface area contributed by atoms with Crippen LogP contribution in [0.3, 0.4) is 0 Å². The number of aromatic nitrogens is 2. The first-order valence-electron chi connectivity index (χ1n) is 5.56. The maximum absolute atomic E-state index is 11.9. The Balaban J connectivity index is 2.02. The lowest BCUT2D eigenvalue weighted by Crippen LogP contribution is -2.31. The van der Waals surface area contributed by atoms with Crippen molar-refractivity contribution in [3.63, 3.8) is 0 Å². The topological polar surface area (TPSA) is 92.2 Å². The fourth-order valence-electron chi connectivity index (χ4n) is 1.70. The van der Waals surface area contributed by atoms with Gasteiger partial charge in [0.1, 0.15) is 4.90 Å². The van der Waals surface area contributed by atoms with E-state index in [1.807, 2.05) is 0 Å². The third kappa shape index (κ3) is 3.17. The lowest BCUT2D eigenvalue weighted by Gasteiger charge is -2.14. The molecular weight excluding hydrogens is 278 g/mol. The van der Waals surface area contributed by atoms with Gasteiger partial charge in [0.15, 0.2) is 0 Å². The van der Waals surface area contributed by atoms with E-state index in [1.54, 1.807) is 0 Å².